The van der Waals surface area contributed by atoms with Crippen LogP contribution in [-0.4, -0.2) is 20.7 Å². The zero-order chi connectivity index (χ0) is 11.6. The highest BCUT2D eigenvalue weighted by Crippen LogP contribution is 2.26. The summed E-state index contributed by atoms with van der Waals surface area (Å²) in [7, 11) is -3.29. The number of anilines is 2. The minimum absolute atomic E-state index is 0.148. The van der Waals surface area contributed by atoms with Crippen molar-refractivity contribution in [2.75, 3.05) is 16.3 Å². The highest BCUT2D eigenvalue weighted by atomic mass is 32.2. The van der Waals surface area contributed by atoms with Crippen LogP contribution in [0.5, 0.6) is 0 Å². The first-order valence-corrected chi connectivity index (χ1v) is 6.52. The van der Waals surface area contributed by atoms with Crippen molar-refractivity contribution in [3.05, 3.63) is 24.3 Å². The molecule has 0 aromatic heterocycles. The Labute approximate surface area is 90.8 Å². The Morgan fingerprint density at radius 2 is 1.80 bits per heavy atom. The topological polar surface area (TPSA) is 63.4 Å². The molecule has 0 saturated heterocycles. The molecule has 0 unspecified atom stereocenters. The van der Waals surface area contributed by atoms with Gasteiger partial charge in [0.05, 0.1) is 17.6 Å². The van der Waals surface area contributed by atoms with E-state index in [4.69, 9.17) is 5.73 Å². The smallest absolute Gasteiger partial charge is 0.232 e. The van der Waals surface area contributed by atoms with Crippen molar-refractivity contribution in [2.45, 2.75) is 19.9 Å². The maximum absolute atomic E-state index is 11.6. The van der Waals surface area contributed by atoms with Crippen LogP contribution < -0.4 is 10.0 Å². The average Bonchev–Trinajstić information content (AvgIpc) is 2.05. The number of hydrogen-bond acceptors (Lipinski definition) is 3. The van der Waals surface area contributed by atoms with Crippen molar-refractivity contribution < 1.29 is 8.42 Å². The highest BCUT2D eigenvalue weighted by Gasteiger charge is 2.21. The van der Waals surface area contributed by atoms with E-state index in [1.54, 1.807) is 24.3 Å². The van der Waals surface area contributed by atoms with Gasteiger partial charge in [0.15, 0.2) is 0 Å². The second kappa shape index (κ2) is 4.10. The summed E-state index contributed by atoms with van der Waals surface area (Å²) in [6.45, 7) is 3.63. The number of rotatable bonds is 3. The SMILES string of the molecule is CC(C)N(c1ccccc1N)S(C)(=O)=O. The number of hydrogen-bond donors (Lipinski definition) is 1. The van der Waals surface area contributed by atoms with Crippen molar-refractivity contribution in [1.82, 2.24) is 0 Å². The van der Waals surface area contributed by atoms with E-state index in [1.165, 1.54) is 10.6 Å². The number of nitrogen functional groups attached to an aromatic ring is 1. The Morgan fingerprint density at radius 3 is 2.20 bits per heavy atom. The lowest BCUT2D eigenvalue weighted by atomic mass is 10.2. The molecule has 0 radical (unpaired) electrons. The van der Waals surface area contributed by atoms with Gasteiger partial charge in [0.1, 0.15) is 0 Å². The maximum Gasteiger partial charge on any atom is 0.232 e. The summed E-state index contributed by atoms with van der Waals surface area (Å²) in [6.07, 6.45) is 1.18. The van der Waals surface area contributed by atoms with Gasteiger partial charge in [0.25, 0.3) is 0 Å². The minimum atomic E-state index is -3.29. The van der Waals surface area contributed by atoms with Gasteiger partial charge < -0.3 is 5.73 Å². The van der Waals surface area contributed by atoms with Crippen molar-refractivity contribution >= 4 is 21.4 Å². The number of nitrogens with zero attached hydrogens (tertiary/aromatic N) is 1. The van der Waals surface area contributed by atoms with Crippen molar-refractivity contribution in [3.8, 4) is 0 Å². The van der Waals surface area contributed by atoms with Gasteiger partial charge in [-0.1, -0.05) is 12.1 Å². The van der Waals surface area contributed by atoms with Gasteiger partial charge >= 0.3 is 0 Å². The van der Waals surface area contributed by atoms with Crippen molar-refractivity contribution in [2.24, 2.45) is 0 Å². The molecule has 4 nitrogen and oxygen atoms in total. The van der Waals surface area contributed by atoms with Crippen LogP contribution in [0.2, 0.25) is 0 Å². The fraction of sp³-hybridized carbons (Fsp3) is 0.400. The zero-order valence-electron chi connectivity index (χ0n) is 9.14. The van der Waals surface area contributed by atoms with Gasteiger partial charge in [-0.05, 0) is 26.0 Å². The maximum atomic E-state index is 11.6. The molecule has 0 atom stereocenters. The largest absolute Gasteiger partial charge is 0.397 e. The summed E-state index contributed by atoms with van der Waals surface area (Å²) in [5, 5.41) is 0. The van der Waals surface area contributed by atoms with Crippen LogP contribution in [0.25, 0.3) is 0 Å². The molecule has 1 aromatic rings. The lowest BCUT2D eigenvalue weighted by Gasteiger charge is -2.27. The molecule has 0 amide bonds. The van der Waals surface area contributed by atoms with Crippen LogP contribution in [0.4, 0.5) is 11.4 Å². The third kappa shape index (κ3) is 2.62. The van der Waals surface area contributed by atoms with Gasteiger partial charge in [0, 0.05) is 6.04 Å². The Bertz CT molecular complexity index is 440. The third-order valence-corrected chi connectivity index (χ3v) is 3.33. The first-order chi connectivity index (χ1) is 6.84. The van der Waals surface area contributed by atoms with Gasteiger partial charge in [-0.3, -0.25) is 4.31 Å². The molecule has 0 aliphatic carbocycles. The molecule has 84 valence electrons. The van der Waals surface area contributed by atoms with Crippen LogP contribution >= 0.6 is 0 Å². The van der Waals surface area contributed by atoms with Crippen LogP contribution in [0.3, 0.4) is 0 Å². The summed E-state index contributed by atoms with van der Waals surface area (Å²) >= 11 is 0. The van der Waals surface area contributed by atoms with Crippen molar-refractivity contribution in [1.29, 1.82) is 0 Å². The van der Waals surface area contributed by atoms with E-state index in [-0.39, 0.29) is 6.04 Å². The molecule has 1 aromatic carbocycles. The molecule has 0 spiro atoms. The number of nitrogens with two attached hydrogens (primary N) is 1. The number of sulfonamides is 1. The summed E-state index contributed by atoms with van der Waals surface area (Å²) < 4.78 is 24.5. The van der Waals surface area contributed by atoms with E-state index < -0.39 is 10.0 Å². The molecule has 1 rings (SSSR count). The molecule has 0 heterocycles. The Morgan fingerprint density at radius 1 is 1.27 bits per heavy atom. The molecule has 2 N–H and O–H groups in total. The van der Waals surface area contributed by atoms with Gasteiger partial charge in [-0.15, -0.1) is 0 Å². The first-order valence-electron chi connectivity index (χ1n) is 4.68. The zero-order valence-corrected chi connectivity index (χ0v) is 9.95. The first kappa shape index (κ1) is 11.8. The van der Waals surface area contributed by atoms with E-state index in [0.29, 0.717) is 11.4 Å². The van der Waals surface area contributed by atoms with E-state index in [1.807, 2.05) is 13.8 Å². The summed E-state index contributed by atoms with van der Waals surface area (Å²) in [5.74, 6) is 0. The Balaban J connectivity index is 3.29. The van der Waals surface area contributed by atoms with E-state index in [9.17, 15) is 8.42 Å². The molecular weight excluding hydrogens is 212 g/mol. The average molecular weight is 228 g/mol. The Kier molecular flexibility index (Phi) is 3.24. The lowest BCUT2D eigenvalue weighted by Crippen LogP contribution is -2.36. The Hall–Kier alpha value is -1.23. The van der Waals surface area contributed by atoms with Crippen LogP contribution in [0.1, 0.15) is 13.8 Å². The molecule has 5 heteroatoms. The third-order valence-electron chi connectivity index (χ3n) is 2.00. The highest BCUT2D eigenvalue weighted by molar-refractivity contribution is 7.92. The molecule has 0 saturated carbocycles. The molecule has 0 aliphatic rings. The predicted molar refractivity (Wildman–Crippen MR) is 63.3 cm³/mol. The molecular formula is C10H16N2O2S. The van der Waals surface area contributed by atoms with Gasteiger partial charge in [-0.25, -0.2) is 8.42 Å². The fourth-order valence-corrected chi connectivity index (χ4v) is 2.82. The van der Waals surface area contributed by atoms with Gasteiger partial charge in [0.2, 0.25) is 10.0 Å². The predicted octanol–water partition coefficient (Wildman–Crippen LogP) is 1.44. The fourth-order valence-electron chi connectivity index (χ4n) is 1.53. The lowest BCUT2D eigenvalue weighted by molar-refractivity contribution is 0.590. The van der Waals surface area contributed by atoms with E-state index in [0.717, 1.165) is 0 Å². The van der Waals surface area contributed by atoms with Crippen molar-refractivity contribution in [3.63, 3.8) is 0 Å². The second-order valence-corrected chi connectivity index (χ2v) is 5.57. The normalized spacial score (nSPS) is 11.7. The minimum Gasteiger partial charge on any atom is -0.397 e. The molecule has 15 heavy (non-hydrogen) atoms. The summed E-state index contributed by atoms with van der Waals surface area (Å²) in [6, 6.07) is 6.79. The molecule has 0 aliphatic heterocycles. The number of benzene rings is 1. The second-order valence-electron chi connectivity index (χ2n) is 3.71. The van der Waals surface area contributed by atoms with Crippen LogP contribution in [-0.2, 0) is 10.0 Å². The monoisotopic (exact) mass is 228 g/mol. The summed E-state index contributed by atoms with van der Waals surface area (Å²) in [5.41, 5.74) is 6.76. The molecule has 0 fully saturated rings. The van der Waals surface area contributed by atoms with E-state index >= 15 is 0 Å². The van der Waals surface area contributed by atoms with Crippen LogP contribution in [0.15, 0.2) is 24.3 Å². The van der Waals surface area contributed by atoms with Crippen LogP contribution in [0, 0.1) is 0 Å². The standard InChI is InChI=1S/C10H16N2O2S/c1-8(2)12(15(3,13)14)10-7-5-4-6-9(10)11/h4-8H,11H2,1-3H3. The van der Waals surface area contributed by atoms with E-state index in [2.05, 4.69) is 0 Å². The quantitative estimate of drug-likeness (QED) is 0.796. The summed E-state index contributed by atoms with van der Waals surface area (Å²) in [4.78, 5) is 0. The van der Waals surface area contributed by atoms with Gasteiger partial charge in [-0.2, -0.15) is 0 Å². The molecule has 0 bridgehead atoms. The number of para-hydroxylation sites is 2.